The number of carbonyl (C=O) groups is 2. The Balaban J connectivity index is 2.07. The number of para-hydroxylation sites is 2. The van der Waals surface area contributed by atoms with Crippen LogP contribution in [0.3, 0.4) is 0 Å². The summed E-state index contributed by atoms with van der Waals surface area (Å²) in [7, 11) is 0. The smallest absolute Gasteiger partial charge is 0.255 e. The van der Waals surface area contributed by atoms with Gasteiger partial charge in [-0.05, 0) is 43.3 Å². The molecular weight excluding hydrogens is 304 g/mol. The van der Waals surface area contributed by atoms with Crippen molar-refractivity contribution in [3.05, 3.63) is 54.1 Å². The third kappa shape index (κ3) is 4.59. The van der Waals surface area contributed by atoms with Crippen LogP contribution < -0.4 is 15.4 Å². The Morgan fingerprint density at radius 3 is 2.29 bits per heavy atom. The molecule has 0 aliphatic carbocycles. The minimum Gasteiger partial charge on any atom is -0.492 e. The van der Waals surface area contributed by atoms with Crippen molar-refractivity contribution in [1.82, 2.24) is 0 Å². The maximum atomic E-state index is 12.4. The molecule has 5 heteroatoms. The summed E-state index contributed by atoms with van der Waals surface area (Å²) in [6.45, 7) is 6.07. The van der Waals surface area contributed by atoms with Gasteiger partial charge in [0.05, 0.1) is 12.3 Å². The van der Waals surface area contributed by atoms with Crippen molar-refractivity contribution in [1.29, 1.82) is 0 Å². The van der Waals surface area contributed by atoms with Crippen molar-refractivity contribution in [3.8, 4) is 5.75 Å². The van der Waals surface area contributed by atoms with E-state index >= 15 is 0 Å². The van der Waals surface area contributed by atoms with Gasteiger partial charge in [0.15, 0.2) is 0 Å². The standard InChI is InChI=1S/C19H22N2O3/c1-4-24-17-8-6-5-7-16(17)21-19(23)14-9-11-15(12-10-14)20-18(22)13(2)3/h5-13H,4H2,1-3H3,(H,20,22)(H,21,23). The van der Waals surface area contributed by atoms with E-state index in [2.05, 4.69) is 10.6 Å². The molecule has 0 bridgehead atoms. The molecule has 0 fully saturated rings. The van der Waals surface area contributed by atoms with Crippen LogP contribution in [0, 0.1) is 5.92 Å². The van der Waals surface area contributed by atoms with Gasteiger partial charge in [0.2, 0.25) is 5.91 Å². The quantitative estimate of drug-likeness (QED) is 0.845. The first-order valence-electron chi connectivity index (χ1n) is 7.95. The van der Waals surface area contributed by atoms with Gasteiger partial charge < -0.3 is 15.4 Å². The molecule has 2 amide bonds. The van der Waals surface area contributed by atoms with Crippen LogP contribution >= 0.6 is 0 Å². The maximum absolute atomic E-state index is 12.4. The molecule has 2 aromatic carbocycles. The van der Waals surface area contributed by atoms with Crippen molar-refractivity contribution < 1.29 is 14.3 Å². The van der Waals surface area contributed by atoms with Crippen molar-refractivity contribution in [2.75, 3.05) is 17.2 Å². The summed E-state index contributed by atoms with van der Waals surface area (Å²) in [6.07, 6.45) is 0. The largest absolute Gasteiger partial charge is 0.492 e. The van der Waals surface area contributed by atoms with Gasteiger partial charge in [0.25, 0.3) is 5.91 Å². The first-order valence-corrected chi connectivity index (χ1v) is 7.95. The Morgan fingerprint density at radius 1 is 1.00 bits per heavy atom. The number of anilines is 2. The fourth-order valence-corrected chi connectivity index (χ4v) is 2.04. The SMILES string of the molecule is CCOc1ccccc1NC(=O)c1ccc(NC(=O)C(C)C)cc1. The summed E-state index contributed by atoms with van der Waals surface area (Å²) < 4.78 is 5.50. The van der Waals surface area contributed by atoms with Crippen LogP contribution in [-0.4, -0.2) is 18.4 Å². The van der Waals surface area contributed by atoms with E-state index in [0.717, 1.165) is 0 Å². The predicted molar refractivity (Wildman–Crippen MR) is 95.5 cm³/mol. The van der Waals surface area contributed by atoms with E-state index in [9.17, 15) is 9.59 Å². The molecule has 0 radical (unpaired) electrons. The van der Waals surface area contributed by atoms with Crippen LogP contribution in [0.1, 0.15) is 31.1 Å². The fraction of sp³-hybridized carbons (Fsp3) is 0.263. The average Bonchev–Trinajstić information content (AvgIpc) is 2.57. The number of hydrogen-bond acceptors (Lipinski definition) is 3. The number of nitrogens with one attached hydrogen (secondary N) is 2. The molecule has 2 rings (SSSR count). The lowest BCUT2D eigenvalue weighted by atomic mass is 10.1. The lowest BCUT2D eigenvalue weighted by Crippen LogP contribution is -2.18. The van der Waals surface area contributed by atoms with Crippen LogP contribution in [0.2, 0.25) is 0 Å². The van der Waals surface area contributed by atoms with Gasteiger partial charge in [0, 0.05) is 17.2 Å². The van der Waals surface area contributed by atoms with Gasteiger partial charge in [-0.15, -0.1) is 0 Å². The second-order valence-electron chi connectivity index (χ2n) is 5.60. The fourth-order valence-electron chi connectivity index (χ4n) is 2.04. The Hall–Kier alpha value is -2.82. The number of ether oxygens (including phenoxy) is 1. The second kappa shape index (κ2) is 8.15. The molecular formula is C19H22N2O3. The molecule has 0 aromatic heterocycles. The van der Waals surface area contributed by atoms with Crippen molar-refractivity contribution >= 4 is 23.2 Å². The maximum Gasteiger partial charge on any atom is 0.255 e. The molecule has 126 valence electrons. The summed E-state index contributed by atoms with van der Waals surface area (Å²) in [5.41, 5.74) is 1.80. The van der Waals surface area contributed by atoms with Gasteiger partial charge >= 0.3 is 0 Å². The zero-order chi connectivity index (χ0) is 17.5. The number of hydrogen-bond donors (Lipinski definition) is 2. The molecule has 0 spiro atoms. The van der Waals surface area contributed by atoms with Gasteiger partial charge in [-0.2, -0.15) is 0 Å². The summed E-state index contributed by atoms with van der Waals surface area (Å²) in [5.74, 6) is 0.249. The van der Waals surface area contributed by atoms with Crippen LogP contribution in [0.4, 0.5) is 11.4 Å². The van der Waals surface area contributed by atoms with Crippen molar-refractivity contribution in [2.24, 2.45) is 5.92 Å². The summed E-state index contributed by atoms with van der Waals surface area (Å²) in [6, 6.07) is 14.1. The van der Waals surface area contributed by atoms with E-state index < -0.39 is 0 Å². The molecule has 0 saturated heterocycles. The monoisotopic (exact) mass is 326 g/mol. The van der Waals surface area contributed by atoms with E-state index in [4.69, 9.17) is 4.74 Å². The highest BCUT2D eigenvalue weighted by atomic mass is 16.5. The molecule has 2 aromatic rings. The normalized spacial score (nSPS) is 10.3. The van der Waals surface area contributed by atoms with Crippen molar-refractivity contribution in [2.45, 2.75) is 20.8 Å². The molecule has 0 saturated carbocycles. The van der Waals surface area contributed by atoms with Gasteiger partial charge in [0.1, 0.15) is 5.75 Å². The molecule has 5 nitrogen and oxygen atoms in total. The molecule has 0 aliphatic heterocycles. The average molecular weight is 326 g/mol. The lowest BCUT2D eigenvalue weighted by Gasteiger charge is -2.12. The van der Waals surface area contributed by atoms with Gasteiger partial charge in [-0.3, -0.25) is 9.59 Å². The predicted octanol–water partition coefficient (Wildman–Crippen LogP) is 3.93. The first kappa shape index (κ1) is 17.5. The topological polar surface area (TPSA) is 67.4 Å². The molecule has 0 heterocycles. The third-order valence-electron chi connectivity index (χ3n) is 3.37. The Bertz CT molecular complexity index is 709. The molecule has 0 aliphatic rings. The van der Waals surface area contributed by atoms with E-state index in [1.54, 1.807) is 30.3 Å². The Morgan fingerprint density at radius 2 is 1.67 bits per heavy atom. The highest BCUT2D eigenvalue weighted by Gasteiger charge is 2.11. The Labute approximate surface area is 142 Å². The molecule has 0 unspecified atom stereocenters. The Kier molecular flexibility index (Phi) is 5.95. The lowest BCUT2D eigenvalue weighted by molar-refractivity contribution is -0.118. The van der Waals surface area contributed by atoms with E-state index in [-0.39, 0.29) is 17.7 Å². The van der Waals surface area contributed by atoms with E-state index in [1.807, 2.05) is 39.0 Å². The minimum absolute atomic E-state index is 0.0576. The first-order chi connectivity index (χ1) is 11.5. The zero-order valence-corrected chi connectivity index (χ0v) is 14.1. The van der Waals surface area contributed by atoms with Crippen molar-refractivity contribution in [3.63, 3.8) is 0 Å². The number of rotatable bonds is 6. The highest BCUT2D eigenvalue weighted by molar-refractivity contribution is 6.05. The summed E-state index contributed by atoms with van der Waals surface area (Å²) in [4.78, 5) is 24.0. The number of carbonyl (C=O) groups excluding carboxylic acids is 2. The van der Waals surface area contributed by atoms with Crippen LogP contribution in [0.15, 0.2) is 48.5 Å². The van der Waals surface area contributed by atoms with E-state index in [1.165, 1.54) is 0 Å². The van der Waals surface area contributed by atoms with E-state index in [0.29, 0.717) is 29.3 Å². The molecule has 0 atom stereocenters. The third-order valence-corrected chi connectivity index (χ3v) is 3.37. The zero-order valence-electron chi connectivity index (χ0n) is 14.1. The highest BCUT2D eigenvalue weighted by Crippen LogP contribution is 2.24. The van der Waals surface area contributed by atoms with Gasteiger partial charge in [-0.25, -0.2) is 0 Å². The number of benzene rings is 2. The second-order valence-corrected chi connectivity index (χ2v) is 5.60. The van der Waals surface area contributed by atoms with Crippen LogP contribution in [-0.2, 0) is 4.79 Å². The minimum atomic E-state index is -0.233. The number of amides is 2. The summed E-state index contributed by atoms with van der Waals surface area (Å²) in [5, 5.41) is 5.63. The van der Waals surface area contributed by atoms with Gasteiger partial charge in [-0.1, -0.05) is 26.0 Å². The molecule has 24 heavy (non-hydrogen) atoms. The molecule has 2 N–H and O–H groups in total. The van der Waals surface area contributed by atoms with Crippen LogP contribution in [0.5, 0.6) is 5.75 Å². The van der Waals surface area contributed by atoms with Crippen LogP contribution in [0.25, 0.3) is 0 Å². The summed E-state index contributed by atoms with van der Waals surface area (Å²) >= 11 is 0.